The van der Waals surface area contributed by atoms with E-state index < -0.39 is 0 Å². The number of ether oxygens (including phenoxy) is 1. The molecule has 0 amide bonds. The Morgan fingerprint density at radius 2 is 2.13 bits per heavy atom. The zero-order valence-electron chi connectivity index (χ0n) is 13.3. The first kappa shape index (κ1) is 15.2. The van der Waals surface area contributed by atoms with Gasteiger partial charge in [0.25, 0.3) is 0 Å². The summed E-state index contributed by atoms with van der Waals surface area (Å²) in [6.07, 6.45) is 3.92. The van der Waals surface area contributed by atoms with Gasteiger partial charge in [0.15, 0.2) is 5.82 Å². The molecule has 0 saturated carbocycles. The highest BCUT2D eigenvalue weighted by atomic mass is 16.5. The molecule has 0 aliphatic heterocycles. The minimum absolute atomic E-state index is 0.352. The SMILES string of the molecule is CCCCn1c(-c2ccccn2)nc2cc(C(=O)OC)ccc21. The number of unbranched alkanes of at least 4 members (excludes halogenated alkanes) is 1. The number of esters is 1. The van der Waals surface area contributed by atoms with Crippen LogP contribution in [0.2, 0.25) is 0 Å². The number of pyridine rings is 1. The number of aromatic nitrogens is 3. The van der Waals surface area contributed by atoms with Gasteiger partial charge in [-0.3, -0.25) is 4.98 Å². The maximum Gasteiger partial charge on any atom is 0.337 e. The maximum atomic E-state index is 11.7. The molecule has 0 unspecified atom stereocenters. The van der Waals surface area contributed by atoms with Crippen molar-refractivity contribution < 1.29 is 9.53 Å². The fourth-order valence-electron chi connectivity index (χ4n) is 2.61. The van der Waals surface area contributed by atoms with Crippen LogP contribution < -0.4 is 0 Å². The van der Waals surface area contributed by atoms with Gasteiger partial charge in [-0.1, -0.05) is 19.4 Å². The molecule has 0 saturated heterocycles. The average molecular weight is 309 g/mol. The number of aryl methyl sites for hydroxylation is 1. The first-order chi connectivity index (χ1) is 11.2. The third-order valence-electron chi connectivity index (χ3n) is 3.80. The number of carbonyl (C=O) groups is 1. The van der Waals surface area contributed by atoms with Gasteiger partial charge < -0.3 is 9.30 Å². The Morgan fingerprint density at radius 3 is 2.83 bits per heavy atom. The Kier molecular flexibility index (Phi) is 4.37. The molecule has 0 bridgehead atoms. The van der Waals surface area contributed by atoms with Gasteiger partial charge in [-0.05, 0) is 36.8 Å². The monoisotopic (exact) mass is 309 g/mol. The molecule has 0 aliphatic carbocycles. The lowest BCUT2D eigenvalue weighted by Gasteiger charge is -2.08. The molecule has 2 aromatic heterocycles. The molecule has 118 valence electrons. The van der Waals surface area contributed by atoms with Crippen molar-refractivity contribution in [1.82, 2.24) is 14.5 Å². The number of carbonyl (C=O) groups excluding carboxylic acids is 1. The Hall–Kier alpha value is -2.69. The van der Waals surface area contributed by atoms with E-state index in [1.807, 2.05) is 24.3 Å². The quantitative estimate of drug-likeness (QED) is 0.675. The number of nitrogens with zero attached hydrogens (tertiary/aromatic N) is 3. The lowest BCUT2D eigenvalue weighted by atomic mass is 10.2. The molecule has 0 fully saturated rings. The standard InChI is InChI=1S/C18H19N3O2/c1-3-4-11-21-16-9-8-13(18(22)23-2)12-15(16)20-17(21)14-7-5-6-10-19-14/h5-10,12H,3-4,11H2,1-2H3. The third kappa shape index (κ3) is 2.95. The number of fused-ring (bicyclic) bond motifs is 1. The summed E-state index contributed by atoms with van der Waals surface area (Å²) in [7, 11) is 1.38. The number of rotatable bonds is 5. The summed E-state index contributed by atoms with van der Waals surface area (Å²) in [6, 6.07) is 11.3. The van der Waals surface area contributed by atoms with Crippen molar-refractivity contribution in [3.63, 3.8) is 0 Å². The van der Waals surface area contributed by atoms with Crippen molar-refractivity contribution in [3.05, 3.63) is 48.2 Å². The van der Waals surface area contributed by atoms with Gasteiger partial charge >= 0.3 is 5.97 Å². The molecule has 1 aromatic carbocycles. The summed E-state index contributed by atoms with van der Waals surface area (Å²) in [5.41, 5.74) is 3.13. The van der Waals surface area contributed by atoms with E-state index in [0.29, 0.717) is 5.56 Å². The maximum absolute atomic E-state index is 11.7. The molecule has 0 N–H and O–H groups in total. The second-order valence-electron chi connectivity index (χ2n) is 5.35. The highest BCUT2D eigenvalue weighted by Gasteiger charge is 2.15. The van der Waals surface area contributed by atoms with Crippen LogP contribution in [0.5, 0.6) is 0 Å². The van der Waals surface area contributed by atoms with E-state index in [-0.39, 0.29) is 5.97 Å². The van der Waals surface area contributed by atoms with E-state index in [1.165, 1.54) is 7.11 Å². The molecule has 3 aromatic rings. The van der Waals surface area contributed by atoms with Crippen LogP contribution in [0.3, 0.4) is 0 Å². The van der Waals surface area contributed by atoms with Crippen molar-refractivity contribution >= 4 is 17.0 Å². The van der Waals surface area contributed by atoms with Crippen LogP contribution in [-0.2, 0) is 11.3 Å². The van der Waals surface area contributed by atoms with Crippen LogP contribution >= 0.6 is 0 Å². The van der Waals surface area contributed by atoms with Crippen molar-refractivity contribution in [2.45, 2.75) is 26.3 Å². The van der Waals surface area contributed by atoms with Gasteiger partial charge in [-0.15, -0.1) is 0 Å². The zero-order chi connectivity index (χ0) is 16.2. The highest BCUT2D eigenvalue weighted by molar-refractivity contribution is 5.94. The van der Waals surface area contributed by atoms with Gasteiger partial charge in [-0.25, -0.2) is 9.78 Å². The highest BCUT2D eigenvalue weighted by Crippen LogP contribution is 2.25. The summed E-state index contributed by atoms with van der Waals surface area (Å²) in [4.78, 5) is 20.8. The molecule has 3 rings (SSSR count). The summed E-state index contributed by atoms with van der Waals surface area (Å²) in [5, 5.41) is 0. The molecule has 0 radical (unpaired) electrons. The van der Waals surface area contributed by atoms with Crippen LogP contribution in [0, 0.1) is 0 Å². The van der Waals surface area contributed by atoms with Crippen LogP contribution in [0.25, 0.3) is 22.6 Å². The van der Waals surface area contributed by atoms with Gasteiger partial charge in [0, 0.05) is 12.7 Å². The van der Waals surface area contributed by atoms with Crippen LogP contribution in [0.4, 0.5) is 0 Å². The number of benzene rings is 1. The zero-order valence-corrected chi connectivity index (χ0v) is 13.3. The van der Waals surface area contributed by atoms with E-state index in [2.05, 4.69) is 16.5 Å². The number of methoxy groups -OCH3 is 1. The molecule has 2 heterocycles. The van der Waals surface area contributed by atoms with Crippen LogP contribution in [0.1, 0.15) is 30.1 Å². The summed E-state index contributed by atoms with van der Waals surface area (Å²) in [6.45, 7) is 3.03. The van der Waals surface area contributed by atoms with Gasteiger partial charge in [0.2, 0.25) is 0 Å². The summed E-state index contributed by atoms with van der Waals surface area (Å²) in [5.74, 6) is 0.477. The number of hydrogen-bond donors (Lipinski definition) is 0. The molecule has 0 spiro atoms. The fraction of sp³-hybridized carbons (Fsp3) is 0.278. The van der Waals surface area contributed by atoms with Crippen LogP contribution in [-0.4, -0.2) is 27.6 Å². The molecule has 0 atom stereocenters. The molecular weight excluding hydrogens is 290 g/mol. The average Bonchev–Trinajstić information content (AvgIpc) is 2.97. The summed E-state index contributed by atoms with van der Waals surface area (Å²) >= 11 is 0. The predicted octanol–water partition coefficient (Wildman–Crippen LogP) is 3.69. The first-order valence-electron chi connectivity index (χ1n) is 7.74. The van der Waals surface area contributed by atoms with Gasteiger partial charge in [-0.2, -0.15) is 0 Å². The Bertz CT molecular complexity index is 825. The second kappa shape index (κ2) is 6.60. The van der Waals surface area contributed by atoms with Gasteiger partial charge in [0.1, 0.15) is 5.69 Å². The predicted molar refractivity (Wildman–Crippen MR) is 89.2 cm³/mol. The largest absolute Gasteiger partial charge is 0.465 e. The Labute approximate surface area is 134 Å². The first-order valence-corrected chi connectivity index (χ1v) is 7.74. The normalized spacial score (nSPS) is 10.9. The molecule has 5 heteroatoms. The van der Waals surface area contributed by atoms with Crippen LogP contribution in [0.15, 0.2) is 42.6 Å². The van der Waals surface area contributed by atoms with E-state index >= 15 is 0 Å². The van der Waals surface area contributed by atoms with E-state index in [0.717, 1.165) is 41.9 Å². The van der Waals surface area contributed by atoms with Crippen molar-refractivity contribution in [2.24, 2.45) is 0 Å². The Morgan fingerprint density at radius 1 is 1.26 bits per heavy atom. The lowest BCUT2D eigenvalue weighted by molar-refractivity contribution is 0.0601. The summed E-state index contributed by atoms with van der Waals surface area (Å²) < 4.78 is 6.95. The van der Waals surface area contributed by atoms with E-state index in [1.54, 1.807) is 18.3 Å². The molecular formula is C18H19N3O2. The minimum atomic E-state index is -0.352. The minimum Gasteiger partial charge on any atom is -0.465 e. The molecule has 23 heavy (non-hydrogen) atoms. The van der Waals surface area contributed by atoms with E-state index in [4.69, 9.17) is 9.72 Å². The third-order valence-corrected chi connectivity index (χ3v) is 3.80. The topological polar surface area (TPSA) is 57.0 Å². The van der Waals surface area contributed by atoms with Gasteiger partial charge in [0.05, 0.1) is 23.7 Å². The van der Waals surface area contributed by atoms with Crippen molar-refractivity contribution in [3.8, 4) is 11.5 Å². The van der Waals surface area contributed by atoms with E-state index in [9.17, 15) is 4.79 Å². The second-order valence-corrected chi connectivity index (χ2v) is 5.35. The Balaban J connectivity index is 2.15. The van der Waals surface area contributed by atoms with Crippen molar-refractivity contribution in [2.75, 3.05) is 7.11 Å². The molecule has 5 nitrogen and oxygen atoms in total. The van der Waals surface area contributed by atoms with Crippen molar-refractivity contribution in [1.29, 1.82) is 0 Å². The smallest absolute Gasteiger partial charge is 0.337 e. The molecule has 0 aliphatic rings. The lowest BCUT2D eigenvalue weighted by Crippen LogP contribution is -2.02. The number of imidazole rings is 1. The number of hydrogen-bond acceptors (Lipinski definition) is 4. The fourth-order valence-corrected chi connectivity index (χ4v) is 2.61.